The molecule has 3 aromatic carbocycles. The number of nitrogens with zero attached hydrogens (tertiary/aromatic N) is 1. The van der Waals surface area contributed by atoms with Crippen LogP contribution in [0.4, 0.5) is 5.69 Å². The monoisotopic (exact) mass is 417 g/mol. The van der Waals surface area contributed by atoms with Crippen LogP contribution in [0.5, 0.6) is 5.75 Å². The highest BCUT2D eigenvalue weighted by Crippen LogP contribution is 2.25. The van der Waals surface area contributed by atoms with Crippen LogP contribution in [0.2, 0.25) is 0 Å². The second-order valence-corrected chi connectivity index (χ2v) is 6.73. The standard InChI is InChI=1S/C23H15NO7/c25-22-19-9-8-18(30-12-14-2-1-3-16(10-14)23(26)27)11-21(19)31-13-20(22)15-4-6-17(7-5-15)24(28)29/h1-11,13H,12H2,(H,26,27). The second-order valence-electron chi connectivity index (χ2n) is 6.73. The molecule has 8 heteroatoms. The van der Waals surface area contributed by atoms with E-state index in [-0.39, 0.29) is 23.3 Å². The molecular formula is C23H15NO7. The number of nitro benzene ring substituents is 1. The van der Waals surface area contributed by atoms with Crippen molar-refractivity contribution in [3.05, 3.63) is 104 Å². The van der Waals surface area contributed by atoms with Crippen molar-refractivity contribution in [3.8, 4) is 16.9 Å². The van der Waals surface area contributed by atoms with Crippen molar-refractivity contribution in [1.82, 2.24) is 0 Å². The fourth-order valence-electron chi connectivity index (χ4n) is 3.12. The molecule has 1 aromatic heterocycles. The SMILES string of the molecule is O=C(O)c1cccc(COc2ccc3c(=O)c(-c4ccc([N+](=O)[O-])cc4)coc3c2)c1. The lowest BCUT2D eigenvalue weighted by Gasteiger charge is -2.08. The molecule has 0 fully saturated rings. The largest absolute Gasteiger partial charge is 0.489 e. The lowest BCUT2D eigenvalue weighted by molar-refractivity contribution is -0.384. The Morgan fingerprint density at radius 3 is 2.55 bits per heavy atom. The number of benzene rings is 3. The van der Waals surface area contributed by atoms with Crippen LogP contribution in [-0.4, -0.2) is 16.0 Å². The van der Waals surface area contributed by atoms with E-state index >= 15 is 0 Å². The summed E-state index contributed by atoms with van der Waals surface area (Å²) in [6, 6.07) is 16.9. The van der Waals surface area contributed by atoms with Crippen molar-refractivity contribution in [2.45, 2.75) is 6.61 Å². The zero-order valence-corrected chi connectivity index (χ0v) is 16.0. The van der Waals surface area contributed by atoms with E-state index in [4.69, 9.17) is 14.3 Å². The molecule has 0 saturated carbocycles. The Kier molecular flexibility index (Phi) is 5.19. The first-order valence-corrected chi connectivity index (χ1v) is 9.18. The molecule has 0 atom stereocenters. The Hall–Kier alpha value is -4.46. The summed E-state index contributed by atoms with van der Waals surface area (Å²) < 4.78 is 11.3. The number of hydrogen-bond donors (Lipinski definition) is 1. The molecule has 4 aromatic rings. The first kappa shape index (κ1) is 19.8. The molecular weight excluding hydrogens is 402 g/mol. The van der Waals surface area contributed by atoms with Gasteiger partial charge in [0.15, 0.2) is 5.43 Å². The average Bonchev–Trinajstić information content (AvgIpc) is 2.78. The molecule has 0 spiro atoms. The minimum atomic E-state index is -1.02. The number of non-ortho nitro benzene ring substituents is 1. The van der Waals surface area contributed by atoms with Gasteiger partial charge in [-0.15, -0.1) is 0 Å². The maximum atomic E-state index is 12.8. The van der Waals surface area contributed by atoms with E-state index in [0.717, 1.165) is 0 Å². The molecule has 0 aliphatic carbocycles. The topological polar surface area (TPSA) is 120 Å². The highest BCUT2D eigenvalue weighted by molar-refractivity contribution is 5.87. The summed E-state index contributed by atoms with van der Waals surface area (Å²) in [5, 5.41) is 20.2. The zero-order valence-electron chi connectivity index (χ0n) is 16.0. The van der Waals surface area contributed by atoms with Crippen LogP contribution in [0.15, 0.2) is 82.2 Å². The quantitative estimate of drug-likeness (QED) is 0.358. The Morgan fingerprint density at radius 2 is 1.84 bits per heavy atom. The van der Waals surface area contributed by atoms with Crippen LogP contribution in [0, 0.1) is 10.1 Å². The Bertz CT molecular complexity index is 1360. The van der Waals surface area contributed by atoms with Crippen LogP contribution in [0.25, 0.3) is 22.1 Å². The van der Waals surface area contributed by atoms with E-state index in [1.54, 1.807) is 30.3 Å². The number of nitro groups is 1. The first-order valence-electron chi connectivity index (χ1n) is 9.18. The van der Waals surface area contributed by atoms with E-state index in [2.05, 4.69) is 0 Å². The molecule has 1 N–H and O–H groups in total. The van der Waals surface area contributed by atoms with Crippen molar-refractivity contribution in [2.24, 2.45) is 0 Å². The maximum absolute atomic E-state index is 12.8. The van der Waals surface area contributed by atoms with Crippen molar-refractivity contribution in [2.75, 3.05) is 0 Å². The number of fused-ring (bicyclic) bond motifs is 1. The maximum Gasteiger partial charge on any atom is 0.335 e. The van der Waals surface area contributed by atoms with Gasteiger partial charge in [-0.1, -0.05) is 12.1 Å². The molecule has 0 aliphatic rings. The van der Waals surface area contributed by atoms with Crippen LogP contribution in [-0.2, 0) is 6.61 Å². The number of aromatic carboxylic acids is 1. The molecule has 0 radical (unpaired) electrons. The van der Waals surface area contributed by atoms with Gasteiger partial charge in [0.1, 0.15) is 24.2 Å². The van der Waals surface area contributed by atoms with E-state index in [1.165, 1.54) is 42.7 Å². The van der Waals surface area contributed by atoms with Crippen molar-refractivity contribution in [1.29, 1.82) is 0 Å². The molecule has 1 heterocycles. The van der Waals surface area contributed by atoms with E-state index < -0.39 is 10.9 Å². The third-order valence-electron chi connectivity index (χ3n) is 4.71. The van der Waals surface area contributed by atoms with Crippen molar-refractivity contribution >= 4 is 22.6 Å². The molecule has 154 valence electrons. The number of carbonyl (C=O) groups is 1. The zero-order chi connectivity index (χ0) is 22.0. The Labute approximate surface area is 175 Å². The second kappa shape index (κ2) is 8.11. The smallest absolute Gasteiger partial charge is 0.335 e. The van der Waals surface area contributed by atoms with Gasteiger partial charge < -0.3 is 14.3 Å². The van der Waals surface area contributed by atoms with E-state index in [9.17, 15) is 19.7 Å². The van der Waals surface area contributed by atoms with Gasteiger partial charge in [0.25, 0.3) is 5.69 Å². The van der Waals surface area contributed by atoms with Gasteiger partial charge in [0.05, 0.1) is 21.4 Å². The van der Waals surface area contributed by atoms with Crippen LogP contribution in [0.1, 0.15) is 15.9 Å². The van der Waals surface area contributed by atoms with Gasteiger partial charge in [0.2, 0.25) is 0 Å². The molecule has 31 heavy (non-hydrogen) atoms. The van der Waals surface area contributed by atoms with Crippen LogP contribution < -0.4 is 10.2 Å². The highest BCUT2D eigenvalue weighted by Gasteiger charge is 2.12. The summed E-state index contributed by atoms with van der Waals surface area (Å²) in [6.07, 6.45) is 1.31. The number of carboxylic acids is 1. The third-order valence-corrected chi connectivity index (χ3v) is 4.71. The number of ether oxygens (including phenoxy) is 1. The minimum absolute atomic E-state index is 0.0652. The van der Waals surface area contributed by atoms with Crippen molar-refractivity contribution in [3.63, 3.8) is 0 Å². The molecule has 8 nitrogen and oxygen atoms in total. The van der Waals surface area contributed by atoms with Gasteiger partial charge in [-0.2, -0.15) is 0 Å². The van der Waals surface area contributed by atoms with Crippen molar-refractivity contribution < 1.29 is 24.0 Å². The van der Waals surface area contributed by atoms with Gasteiger partial charge in [-0.3, -0.25) is 14.9 Å². The molecule has 0 unspecified atom stereocenters. The predicted octanol–water partition coefficient (Wildman–Crippen LogP) is 4.65. The summed E-state index contributed by atoms with van der Waals surface area (Å²) in [5.41, 5.74) is 1.66. The van der Waals surface area contributed by atoms with E-state index in [1.807, 2.05) is 0 Å². The molecule has 0 bridgehead atoms. The molecule has 0 saturated heterocycles. The summed E-state index contributed by atoms with van der Waals surface area (Å²) in [7, 11) is 0. The van der Waals surface area contributed by atoms with Gasteiger partial charge in [0, 0.05) is 18.2 Å². The normalized spacial score (nSPS) is 10.7. The summed E-state index contributed by atoms with van der Waals surface area (Å²) in [5.74, 6) is -0.558. The summed E-state index contributed by atoms with van der Waals surface area (Å²) in [6.45, 7) is 0.151. The summed E-state index contributed by atoms with van der Waals surface area (Å²) in [4.78, 5) is 34.2. The fourth-order valence-corrected chi connectivity index (χ4v) is 3.12. The fraction of sp³-hybridized carbons (Fsp3) is 0.0435. The third kappa shape index (κ3) is 4.13. The average molecular weight is 417 g/mol. The number of hydrogen-bond acceptors (Lipinski definition) is 6. The lowest BCUT2D eigenvalue weighted by atomic mass is 10.1. The lowest BCUT2D eigenvalue weighted by Crippen LogP contribution is -2.05. The number of carboxylic acid groups (broad SMARTS) is 1. The Balaban J connectivity index is 1.58. The molecule has 4 rings (SSSR count). The minimum Gasteiger partial charge on any atom is -0.489 e. The molecule has 0 aliphatic heterocycles. The van der Waals surface area contributed by atoms with Gasteiger partial charge in [-0.25, -0.2) is 4.79 Å². The van der Waals surface area contributed by atoms with Crippen LogP contribution in [0.3, 0.4) is 0 Å². The number of rotatable bonds is 6. The predicted molar refractivity (Wildman–Crippen MR) is 112 cm³/mol. The van der Waals surface area contributed by atoms with Crippen LogP contribution >= 0.6 is 0 Å². The van der Waals surface area contributed by atoms with Gasteiger partial charge >= 0.3 is 5.97 Å². The summed E-state index contributed by atoms with van der Waals surface area (Å²) >= 11 is 0. The van der Waals surface area contributed by atoms with Gasteiger partial charge in [-0.05, 0) is 47.5 Å². The Morgan fingerprint density at radius 1 is 1.06 bits per heavy atom. The first-order chi connectivity index (χ1) is 14.9. The molecule has 0 amide bonds. The van der Waals surface area contributed by atoms with E-state index in [0.29, 0.717) is 33.4 Å². The highest BCUT2D eigenvalue weighted by atomic mass is 16.6.